The van der Waals surface area contributed by atoms with Crippen LogP contribution in [0.2, 0.25) is 0 Å². The van der Waals surface area contributed by atoms with Crippen molar-refractivity contribution in [2.45, 2.75) is 33.7 Å². The van der Waals surface area contributed by atoms with Crippen molar-refractivity contribution < 1.29 is 4.79 Å². The number of nitrogens with one attached hydrogen (secondary N) is 2. The summed E-state index contributed by atoms with van der Waals surface area (Å²) in [6, 6.07) is 3.49. The second kappa shape index (κ2) is 6.80. The van der Waals surface area contributed by atoms with Gasteiger partial charge in [-0.1, -0.05) is 13.8 Å². The summed E-state index contributed by atoms with van der Waals surface area (Å²) in [6.07, 6.45) is 0. The van der Waals surface area contributed by atoms with Crippen LogP contribution in [0.15, 0.2) is 16.6 Å². The highest BCUT2D eigenvalue weighted by Gasteiger charge is 2.14. The molecule has 0 saturated carbocycles. The van der Waals surface area contributed by atoms with Gasteiger partial charge in [-0.3, -0.25) is 4.79 Å². The number of carbonyl (C=O) groups excluding carboxylic acids is 1. The summed E-state index contributed by atoms with van der Waals surface area (Å²) >= 11 is 3.45. The Morgan fingerprint density at radius 3 is 2.58 bits per heavy atom. The van der Waals surface area contributed by atoms with Crippen LogP contribution >= 0.6 is 15.9 Å². The van der Waals surface area contributed by atoms with E-state index in [0.717, 1.165) is 21.4 Å². The number of hydrogen-bond donors (Lipinski definition) is 3. The van der Waals surface area contributed by atoms with Crippen molar-refractivity contribution in [3.8, 4) is 0 Å². The Bertz CT molecular complexity index is 460. The van der Waals surface area contributed by atoms with Crippen molar-refractivity contribution in [2.75, 3.05) is 17.6 Å². The van der Waals surface area contributed by atoms with E-state index in [-0.39, 0.29) is 11.9 Å². The number of halogens is 1. The number of nitrogen functional groups attached to an aromatic ring is 1. The van der Waals surface area contributed by atoms with Gasteiger partial charge in [0.2, 0.25) is 5.91 Å². The number of amides is 1. The molecule has 0 aliphatic rings. The third kappa shape index (κ3) is 4.74. The fraction of sp³-hybridized carbons (Fsp3) is 0.500. The van der Waals surface area contributed by atoms with Gasteiger partial charge in [0.25, 0.3) is 0 Å². The predicted molar refractivity (Wildman–Crippen MR) is 84.2 cm³/mol. The molecule has 1 amide bonds. The van der Waals surface area contributed by atoms with E-state index >= 15 is 0 Å². The zero-order chi connectivity index (χ0) is 14.6. The Hall–Kier alpha value is -1.23. The smallest absolute Gasteiger partial charge is 0.242 e. The van der Waals surface area contributed by atoms with Crippen LogP contribution in [0, 0.1) is 12.8 Å². The van der Waals surface area contributed by atoms with Crippen molar-refractivity contribution in [3.63, 3.8) is 0 Å². The first kappa shape index (κ1) is 15.8. The van der Waals surface area contributed by atoms with Gasteiger partial charge < -0.3 is 16.4 Å². The van der Waals surface area contributed by atoms with E-state index in [1.54, 1.807) is 0 Å². The fourth-order valence-electron chi connectivity index (χ4n) is 1.56. The van der Waals surface area contributed by atoms with Gasteiger partial charge in [0.05, 0.1) is 0 Å². The highest BCUT2D eigenvalue weighted by atomic mass is 79.9. The fourth-order valence-corrected chi connectivity index (χ4v) is 2.04. The largest absolute Gasteiger partial charge is 0.398 e. The summed E-state index contributed by atoms with van der Waals surface area (Å²) in [5.74, 6) is 0.441. The first-order valence-electron chi connectivity index (χ1n) is 6.41. The van der Waals surface area contributed by atoms with Gasteiger partial charge in [0.1, 0.15) is 6.04 Å². The summed E-state index contributed by atoms with van der Waals surface area (Å²) in [6.45, 7) is 8.60. The molecule has 0 spiro atoms. The lowest BCUT2D eigenvalue weighted by molar-refractivity contribution is -0.121. The number of aryl methyl sites for hydroxylation is 1. The van der Waals surface area contributed by atoms with Crippen molar-refractivity contribution >= 4 is 33.2 Å². The van der Waals surface area contributed by atoms with Gasteiger partial charge in [-0.05, 0) is 53.4 Å². The van der Waals surface area contributed by atoms with E-state index in [9.17, 15) is 4.79 Å². The number of carbonyl (C=O) groups is 1. The number of hydrogen-bond acceptors (Lipinski definition) is 3. The molecule has 1 aromatic carbocycles. The summed E-state index contributed by atoms with van der Waals surface area (Å²) < 4.78 is 0.860. The monoisotopic (exact) mass is 327 g/mol. The molecule has 1 rings (SSSR count). The Labute approximate surface area is 123 Å². The van der Waals surface area contributed by atoms with Crippen molar-refractivity contribution in [2.24, 2.45) is 5.92 Å². The maximum absolute atomic E-state index is 11.9. The lowest BCUT2D eigenvalue weighted by Gasteiger charge is -2.18. The number of benzene rings is 1. The molecule has 0 aromatic heterocycles. The summed E-state index contributed by atoms with van der Waals surface area (Å²) in [4.78, 5) is 11.9. The lowest BCUT2D eigenvalue weighted by Crippen LogP contribution is -2.39. The standard InChI is InChI=1S/C14H22BrN3O/c1-8(2)7-17-14(19)10(4)18-13-5-9(3)12(16)6-11(13)15/h5-6,8,10,18H,7,16H2,1-4H3,(H,17,19). The van der Waals surface area contributed by atoms with Crippen LogP contribution in [-0.2, 0) is 4.79 Å². The molecule has 1 atom stereocenters. The van der Waals surface area contributed by atoms with Crippen LogP contribution in [0.4, 0.5) is 11.4 Å². The molecule has 19 heavy (non-hydrogen) atoms. The maximum Gasteiger partial charge on any atom is 0.242 e. The molecule has 0 bridgehead atoms. The normalized spacial score (nSPS) is 12.3. The molecule has 1 unspecified atom stereocenters. The van der Waals surface area contributed by atoms with Crippen LogP contribution in [0.3, 0.4) is 0 Å². The predicted octanol–water partition coefficient (Wildman–Crippen LogP) is 2.91. The van der Waals surface area contributed by atoms with Gasteiger partial charge >= 0.3 is 0 Å². The number of anilines is 2. The third-order valence-corrected chi connectivity index (χ3v) is 3.46. The second-order valence-electron chi connectivity index (χ2n) is 5.19. The molecule has 0 heterocycles. The Morgan fingerprint density at radius 2 is 2.00 bits per heavy atom. The van der Waals surface area contributed by atoms with Gasteiger partial charge in [0, 0.05) is 22.4 Å². The van der Waals surface area contributed by atoms with Crippen molar-refractivity contribution in [1.82, 2.24) is 5.32 Å². The molecule has 0 saturated heterocycles. The first-order valence-corrected chi connectivity index (χ1v) is 7.20. The number of rotatable bonds is 5. The topological polar surface area (TPSA) is 67.2 Å². The Balaban J connectivity index is 2.69. The molecule has 0 aliphatic heterocycles. The molecular weight excluding hydrogens is 306 g/mol. The van der Waals surface area contributed by atoms with Gasteiger partial charge in [-0.25, -0.2) is 0 Å². The molecule has 4 N–H and O–H groups in total. The summed E-state index contributed by atoms with van der Waals surface area (Å²) in [7, 11) is 0. The van der Waals surface area contributed by atoms with E-state index in [1.807, 2.05) is 26.0 Å². The quantitative estimate of drug-likeness (QED) is 0.728. The zero-order valence-electron chi connectivity index (χ0n) is 11.9. The van der Waals surface area contributed by atoms with Crippen LogP contribution in [-0.4, -0.2) is 18.5 Å². The third-order valence-electron chi connectivity index (χ3n) is 2.81. The second-order valence-corrected chi connectivity index (χ2v) is 6.05. The lowest BCUT2D eigenvalue weighted by atomic mass is 10.1. The van der Waals surface area contributed by atoms with Crippen LogP contribution in [0.25, 0.3) is 0 Å². The maximum atomic E-state index is 11.9. The highest BCUT2D eigenvalue weighted by Crippen LogP contribution is 2.28. The first-order chi connectivity index (χ1) is 8.81. The number of nitrogens with two attached hydrogens (primary N) is 1. The van der Waals surface area contributed by atoms with E-state index in [0.29, 0.717) is 12.5 Å². The van der Waals surface area contributed by atoms with Gasteiger partial charge in [0.15, 0.2) is 0 Å². The van der Waals surface area contributed by atoms with E-state index in [2.05, 4.69) is 40.4 Å². The van der Waals surface area contributed by atoms with Crippen LogP contribution in [0.5, 0.6) is 0 Å². The van der Waals surface area contributed by atoms with Gasteiger partial charge in [-0.15, -0.1) is 0 Å². The molecular formula is C14H22BrN3O. The molecule has 0 aliphatic carbocycles. The zero-order valence-corrected chi connectivity index (χ0v) is 13.5. The van der Waals surface area contributed by atoms with E-state index in [1.165, 1.54) is 0 Å². The van der Waals surface area contributed by atoms with Crippen LogP contribution < -0.4 is 16.4 Å². The van der Waals surface area contributed by atoms with Crippen molar-refractivity contribution in [3.05, 3.63) is 22.2 Å². The molecule has 1 aromatic rings. The average Bonchev–Trinajstić information content (AvgIpc) is 2.32. The average molecular weight is 328 g/mol. The summed E-state index contributed by atoms with van der Waals surface area (Å²) in [5, 5.41) is 6.09. The van der Waals surface area contributed by atoms with Gasteiger partial charge in [-0.2, -0.15) is 0 Å². The van der Waals surface area contributed by atoms with Crippen molar-refractivity contribution in [1.29, 1.82) is 0 Å². The molecule has 106 valence electrons. The SMILES string of the molecule is Cc1cc(NC(C)C(=O)NCC(C)C)c(Br)cc1N. The minimum absolute atomic E-state index is 0.00456. The molecule has 4 nitrogen and oxygen atoms in total. The minimum Gasteiger partial charge on any atom is -0.398 e. The molecule has 5 heteroatoms. The highest BCUT2D eigenvalue weighted by molar-refractivity contribution is 9.10. The Kier molecular flexibility index (Phi) is 5.66. The molecule has 0 fully saturated rings. The minimum atomic E-state index is -0.293. The van der Waals surface area contributed by atoms with Crippen LogP contribution in [0.1, 0.15) is 26.3 Å². The van der Waals surface area contributed by atoms with E-state index < -0.39 is 0 Å². The Morgan fingerprint density at radius 1 is 1.37 bits per heavy atom. The molecule has 0 radical (unpaired) electrons. The summed E-state index contributed by atoms with van der Waals surface area (Å²) in [5.41, 5.74) is 8.42. The van der Waals surface area contributed by atoms with E-state index in [4.69, 9.17) is 5.73 Å².